The van der Waals surface area contributed by atoms with E-state index in [2.05, 4.69) is 41.2 Å². The number of hydrogen-bond acceptors (Lipinski definition) is 7. The third-order valence-electron chi connectivity index (χ3n) is 4.81. The molecule has 1 aliphatic rings. The van der Waals surface area contributed by atoms with Crippen molar-refractivity contribution in [2.45, 2.75) is 70.6 Å². The highest BCUT2D eigenvalue weighted by atomic mass is 32.2. The molecule has 8 heteroatoms. The molecule has 1 aliphatic carbocycles. The quantitative estimate of drug-likeness (QED) is 0.493. The lowest BCUT2D eigenvalue weighted by Crippen LogP contribution is -2.46. The van der Waals surface area contributed by atoms with Gasteiger partial charge in [-0.05, 0) is 38.8 Å². The number of thioether (sulfide) groups is 1. The maximum absolute atomic E-state index is 13.0. The first-order chi connectivity index (χ1) is 13.2. The van der Waals surface area contributed by atoms with Gasteiger partial charge in [-0.25, -0.2) is 0 Å². The number of amides is 1. The Hall–Kier alpha value is -1.41. The zero-order chi connectivity index (χ0) is 20.7. The number of aromatic nitrogens is 2. The fourth-order valence-electron chi connectivity index (χ4n) is 3.31. The van der Waals surface area contributed by atoms with Gasteiger partial charge in [0.15, 0.2) is 0 Å². The van der Waals surface area contributed by atoms with Gasteiger partial charge in [-0.15, -0.1) is 10.2 Å². The molecule has 1 N–H and O–H groups in total. The summed E-state index contributed by atoms with van der Waals surface area (Å²) in [6.07, 6.45) is 5.66. The van der Waals surface area contributed by atoms with Crippen LogP contribution >= 0.6 is 11.8 Å². The van der Waals surface area contributed by atoms with Crippen molar-refractivity contribution in [2.24, 2.45) is 11.3 Å². The normalized spacial score (nSPS) is 16.9. The summed E-state index contributed by atoms with van der Waals surface area (Å²) in [6, 6.07) is -0.644. The topological polar surface area (TPSA) is 88.3 Å². The van der Waals surface area contributed by atoms with Crippen LogP contribution in [0, 0.1) is 11.3 Å². The minimum atomic E-state index is -0.644. The van der Waals surface area contributed by atoms with E-state index in [9.17, 15) is 9.59 Å². The maximum Gasteiger partial charge on any atom is 0.286 e. The number of nitrogens with one attached hydrogen (secondary N) is 1. The van der Waals surface area contributed by atoms with Crippen LogP contribution < -0.4 is 5.32 Å². The Bertz CT molecular complexity index is 648. The number of hydrogen-bond donors (Lipinski definition) is 1. The Kier molecular flexibility index (Phi) is 8.49. The molecule has 28 heavy (non-hydrogen) atoms. The summed E-state index contributed by atoms with van der Waals surface area (Å²) in [5.74, 6) is 0.454. The lowest BCUT2D eigenvalue weighted by Gasteiger charge is -2.27. The largest absolute Gasteiger partial charge is 0.408 e. The fraction of sp³-hybridized carbons (Fsp3) is 0.800. The number of ketones is 1. The maximum atomic E-state index is 13.0. The fourth-order valence-corrected chi connectivity index (χ4v) is 4.18. The Labute approximate surface area is 172 Å². The van der Waals surface area contributed by atoms with E-state index in [-0.39, 0.29) is 28.9 Å². The lowest BCUT2D eigenvalue weighted by atomic mass is 9.85. The van der Waals surface area contributed by atoms with Crippen LogP contribution in [-0.2, 0) is 4.79 Å². The highest BCUT2D eigenvalue weighted by molar-refractivity contribution is 7.99. The molecular formula is C20H34N4O3S. The van der Waals surface area contributed by atoms with Crippen LogP contribution in [0.3, 0.4) is 0 Å². The summed E-state index contributed by atoms with van der Waals surface area (Å²) < 4.78 is 5.57. The van der Waals surface area contributed by atoms with E-state index < -0.39 is 6.04 Å². The van der Waals surface area contributed by atoms with Gasteiger partial charge in [-0.3, -0.25) is 9.59 Å². The summed E-state index contributed by atoms with van der Waals surface area (Å²) in [4.78, 5) is 27.8. The van der Waals surface area contributed by atoms with Crippen LogP contribution in [0.5, 0.6) is 0 Å². The van der Waals surface area contributed by atoms with Gasteiger partial charge in [-0.1, -0.05) is 51.8 Å². The average molecular weight is 411 g/mol. The lowest BCUT2D eigenvalue weighted by molar-refractivity contribution is -0.126. The van der Waals surface area contributed by atoms with Crippen LogP contribution in [0.15, 0.2) is 9.64 Å². The monoisotopic (exact) mass is 410 g/mol. The van der Waals surface area contributed by atoms with Gasteiger partial charge in [0.25, 0.3) is 11.1 Å². The standard InChI is InChI=1S/C20H34N4O3S/c1-20(2,3)13-15(21-17(26)14-9-7-6-8-10-14)16(25)18-22-23-19(27-18)28-12-11-24(4)5/h14-15H,6-13H2,1-5H3,(H,21,26). The number of Topliss-reactive ketones (excluding diaryl/α,β-unsaturated/α-hetero) is 1. The van der Waals surface area contributed by atoms with E-state index in [1.165, 1.54) is 18.2 Å². The van der Waals surface area contributed by atoms with Gasteiger partial charge >= 0.3 is 0 Å². The van der Waals surface area contributed by atoms with Crippen molar-refractivity contribution in [3.63, 3.8) is 0 Å². The first-order valence-electron chi connectivity index (χ1n) is 10.1. The molecule has 0 bridgehead atoms. The third kappa shape index (κ3) is 7.54. The van der Waals surface area contributed by atoms with Crippen molar-refractivity contribution in [2.75, 3.05) is 26.4 Å². The van der Waals surface area contributed by atoms with E-state index in [0.717, 1.165) is 38.0 Å². The Morgan fingerprint density at radius 1 is 1.21 bits per heavy atom. The molecule has 0 aromatic carbocycles. The first kappa shape index (κ1) is 22.9. The summed E-state index contributed by atoms with van der Waals surface area (Å²) >= 11 is 1.43. The smallest absolute Gasteiger partial charge is 0.286 e. The van der Waals surface area contributed by atoms with Gasteiger partial charge < -0.3 is 14.6 Å². The molecule has 2 rings (SSSR count). The molecule has 1 heterocycles. The Morgan fingerprint density at radius 2 is 1.89 bits per heavy atom. The second-order valence-electron chi connectivity index (χ2n) is 9.05. The van der Waals surface area contributed by atoms with Gasteiger partial charge in [0, 0.05) is 18.2 Å². The molecule has 1 aromatic heterocycles. The number of nitrogens with zero attached hydrogens (tertiary/aromatic N) is 3. The highest BCUT2D eigenvalue weighted by Crippen LogP contribution is 2.26. The summed E-state index contributed by atoms with van der Waals surface area (Å²) in [6.45, 7) is 7.03. The molecule has 0 aliphatic heterocycles. The van der Waals surface area contributed by atoms with Crippen molar-refractivity contribution in [3.8, 4) is 0 Å². The predicted molar refractivity (Wildman–Crippen MR) is 110 cm³/mol. The summed E-state index contributed by atoms with van der Waals surface area (Å²) in [5, 5.41) is 11.3. The third-order valence-corrected chi connectivity index (χ3v) is 5.61. The van der Waals surface area contributed by atoms with Crippen LogP contribution in [0.1, 0.15) is 70.0 Å². The van der Waals surface area contributed by atoms with E-state index in [1.807, 2.05) is 14.1 Å². The van der Waals surface area contributed by atoms with Crippen LogP contribution in [0.4, 0.5) is 0 Å². The summed E-state index contributed by atoms with van der Waals surface area (Å²) in [7, 11) is 3.99. The van der Waals surface area contributed by atoms with E-state index >= 15 is 0 Å². The molecule has 1 fully saturated rings. The zero-order valence-corrected chi connectivity index (χ0v) is 18.6. The second-order valence-corrected chi connectivity index (χ2v) is 10.1. The predicted octanol–water partition coefficient (Wildman–Crippen LogP) is 3.41. The second kappa shape index (κ2) is 10.4. The molecule has 158 valence electrons. The Balaban J connectivity index is 2.04. The molecule has 1 unspecified atom stereocenters. The molecule has 0 radical (unpaired) electrons. The first-order valence-corrected chi connectivity index (χ1v) is 11.1. The van der Waals surface area contributed by atoms with Crippen molar-refractivity contribution >= 4 is 23.5 Å². The average Bonchev–Trinajstić information content (AvgIpc) is 3.08. The zero-order valence-electron chi connectivity index (χ0n) is 17.8. The van der Waals surface area contributed by atoms with Crippen molar-refractivity contribution < 1.29 is 14.0 Å². The van der Waals surface area contributed by atoms with Crippen molar-refractivity contribution in [1.29, 1.82) is 0 Å². The molecule has 1 aromatic rings. The molecule has 7 nitrogen and oxygen atoms in total. The van der Waals surface area contributed by atoms with Gasteiger partial charge in [0.2, 0.25) is 11.7 Å². The minimum absolute atomic E-state index is 0.00357. The van der Waals surface area contributed by atoms with E-state index in [0.29, 0.717) is 11.6 Å². The number of rotatable bonds is 9. The van der Waals surface area contributed by atoms with Crippen LogP contribution in [-0.4, -0.2) is 59.2 Å². The van der Waals surface area contributed by atoms with E-state index in [1.54, 1.807) is 0 Å². The van der Waals surface area contributed by atoms with Crippen LogP contribution in [0.2, 0.25) is 0 Å². The SMILES string of the molecule is CN(C)CCSc1nnc(C(=O)C(CC(C)(C)C)NC(=O)C2CCCCC2)o1. The van der Waals surface area contributed by atoms with Crippen molar-refractivity contribution in [1.82, 2.24) is 20.4 Å². The van der Waals surface area contributed by atoms with Gasteiger partial charge in [0.05, 0.1) is 6.04 Å². The minimum Gasteiger partial charge on any atom is -0.408 e. The molecular weight excluding hydrogens is 376 g/mol. The molecule has 0 saturated heterocycles. The molecule has 0 spiro atoms. The Morgan fingerprint density at radius 3 is 2.50 bits per heavy atom. The molecule has 1 amide bonds. The van der Waals surface area contributed by atoms with Gasteiger partial charge in [-0.2, -0.15) is 0 Å². The molecule has 1 atom stereocenters. The number of carbonyl (C=O) groups is 2. The molecule has 1 saturated carbocycles. The van der Waals surface area contributed by atoms with Gasteiger partial charge in [0.1, 0.15) is 0 Å². The summed E-state index contributed by atoms with van der Waals surface area (Å²) in [5.41, 5.74) is -0.122. The van der Waals surface area contributed by atoms with Crippen LogP contribution in [0.25, 0.3) is 0 Å². The van der Waals surface area contributed by atoms with Crippen molar-refractivity contribution in [3.05, 3.63) is 5.89 Å². The number of carbonyl (C=O) groups excluding carboxylic acids is 2. The highest BCUT2D eigenvalue weighted by Gasteiger charge is 2.32. The van der Waals surface area contributed by atoms with E-state index in [4.69, 9.17) is 4.42 Å².